The van der Waals surface area contributed by atoms with E-state index in [9.17, 15) is 4.79 Å². The molecule has 0 aliphatic carbocycles. The normalized spacial score (nSPS) is 17.0. The van der Waals surface area contributed by atoms with Crippen molar-refractivity contribution in [2.45, 2.75) is 6.10 Å². The number of carbonyl (C=O) groups is 1. The fourth-order valence-corrected chi connectivity index (χ4v) is 2.80. The summed E-state index contributed by atoms with van der Waals surface area (Å²) in [7, 11) is 3.15. The van der Waals surface area contributed by atoms with Crippen LogP contribution in [0.15, 0.2) is 48.5 Å². The first-order chi connectivity index (χ1) is 12.2. The Bertz CT molecular complexity index is 721. The van der Waals surface area contributed by atoms with Gasteiger partial charge in [0.05, 0.1) is 33.1 Å². The molecule has 132 valence electrons. The zero-order chi connectivity index (χ0) is 17.6. The lowest BCUT2D eigenvalue weighted by Gasteiger charge is -2.33. The monoisotopic (exact) mass is 342 g/mol. The van der Waals surface area contributed by atoms with Crippen molar-refractivity contribution in [3.63, 3.8) is 0 Å². The molecule has 0 unspecified atom stereocenters. The zero-order valence-electron chi connectivity index (χ0n) is 14.4. The molecule has 0 aromatic heterocycles. The highest BCUT2D eigenvalue weighted by molar-refractivity contribution is 5.91. The molecule has 0 saturated carbocycles. The van der Waals surface area contributed by atoms with Gasteiger partial charge in [-0.15, -0.1) is 0 Å². The van der Waals surface area contributed by atoms with E-state index in [0.29, 0.717) is 36.9 Å². The lowest BCUT2D eigenvalue weighted by Crippen LogP contribution is -2.44. The number of morpholine rings is 1. The van der Waals surface area contributed by atoms with Crippen LogP contribution in [-0.2, 0) is 4.74 Å². The van der Waals surface area contributed by atoms with Gasteiger partial charge in [0.15, 0.2) is 0 Å². The maximum Gasteiger partial charge on any atom is 0.322 e. The average Bonchev–Trinajstić information content (AvgIpc) is 2.69. The quantitative estimate of drug-likeness (QED) is 0.926. The van der Waals surface area contributed by atoms with Gasteiger partial charge in [-0.1, -0.05) is 30.3 Å². The molecule has 2 aromatic rings. The third-order valence-corrected chi connectivity index (χ3v) is 4.18. The molecule has 25 heavy (non-hydrogen) atoms. The summed E-state index contributed by atoms with van der Waals surface area (Å²) in [5.41, 5.74) is 1.68. The van der Waals surface area contributed by atoms with Crippen LogP contribution in [0.2, 0.25) is 0 Å². The molecule has 1 heterocycles. The smallest absolute Gasteiger partial charge is 0.322 e. The summed E-state index contributed by atoms with van der Waals surface area (Å²) in [6.45, 7) is 1.56. The van der Waals surface area contributed by atoms with E-state index >= 15 is 0 Å². The fourth-order valence-electron chi connectivity index (χ4n) is 2.80. The molecule has 0 spiro atoms. The summed E-state index contributed by atoms with van der Waals surface area (Å²) < 4.78 is 16.3. The van der Waals surface area contributed by atoms with Crippen LogP contribution in [0.25, 0.3) is 0 Å². The molecule has 2 amide bonds. The van der Waals surface area contributed by atoms with Gasteiger partial charge in [-0.3, -0.25) is 0 Å². The van der Waals surface area contributed by atoms with Crippen LogP contribution < -0.4 is 14.8 Å². The summed E-state index contributed by atoms with van der Waals surface area (Å²) in [5.74, 6) is 1.23. The largest absolute Gasteiger partial charge is 0.497 e. The molecule has 6 heteroatoms. The summed E-state index contributed by atoms with van der Waals surface area (Å²) >= 11 is 0. The van der Waals surface area contributed by atoms with Crippen molar-refractivity contribution in [3.8, 4) is 11.5 Å². The first-order valence-electron chi connectivity index (χ1n) is 8.15. The van der Waals surface area contributed by atoms with Gasteiger partial charge in [-0.2, -0.15) is 0 Å². The van der Waals surface area contributed by atoms with Crippen LogP contribution in [0.5, 0.6) is 11.5 Å². The Hall–Kier alpha value is -2.73. The molecule has 2 aromatic carbocycles. The van der Waals surface area contributed by atoms with Gasteiger partial charge in [0.1, 0.15) is 17.6 Å². The number of rotatable bonds is 4. The molecule has 1 aliphatic rings. The van der Waals surface area contributed by atoms with Gasteiger partial charge < -0.3 is 24.4 Å². The molecule has 1 aliphatic heterocycles. The lowest BCUT2D eigenvalue weighted by molar-refractivity contribution is -0.0135. The predicted molar refractivity (Wildman–Crippen MR) is 95.3 cm³/mol. The van der Waals surface area contributed by atoms with Crippen molar-refractivity contribution in [3.05, 3.63) is 54.1 Å². The second-order valence-corrected chi connectivity index (χ2v) is 5.71. The van der Waals surface area contributed by atoms with Gasteiger partial charge in [0.25, 0.3) is 0 Å². The van der Waals surface area contributed by atoms with Crippen molar-refractivity contribution in [1.29, 1.82) is 0 Å². The van der Waals surface area contributed by atoms with Crippen LogP contribution in [0.4, 0.5) is 10.5 Å². The molecule has 0 radical (unpaired) electrons. The Morgan fingerprint density at radius 3 is 2.68 bits per heavy atom. The van der Waals surface area contributed by atoms with Gasteiger partial charge in [-0.05, 0) is 17.7 Å². The van der Waals surface area contributed by atoms with Crippen molar-refractivity contribution in [1.82, 2.24) is 4.90 Å². The maximum atomic E-state index is 12.6. The number of carbonyl (C=O) groups excluding carboxylic acids is 1. The average molecular weight is 342 g/mol. The second-order valence-electron chi connectivity index (χ2n) is 5.71. The second kappa shape index (κ2) is 7.90. The van der Waals surface area contributed by atoms with Crippen molar-refractivity contribution < 1.29 is 19.0 Å². The Morgan fingerprint density at radius 2 is 1.96 bits per heavy atom. The number of urea groups is 1. The van der Waals surface area contributed by atoms with Crippen LogP contribution >= 0.6 is 0 Å². The third-order valence-electron chi connectivity index (χ3n) is 4.18. The highest BCUT2D eigenvalue weighted by Gasteiger charge is 2.25. The first kappa shape index (κ1) is 17.1. The molecule has 1 fully saturated rings. The van der Waals surface area contributed by atoms with Crippen LogP contribution in [0.3, 0.4) is 0 Å². The summed E-state index contributed by atoms with van der Waals surface area (Å²) in [6, 6.07) is 15.0. The van der Waals surface area contributed by atoms with E-state index in [1.54, 1.807) is 37.3 Å². The lowest BCUT2D eigenvalue weighted by atomic mass is 10.1. The highest BCUT2D eigenvalue weighted by Crippen LogP contribution is 2.30. The molecule has 1 N–H and O–H groups in total. The minimum absolute atomic E-state index is 0.113. The number of hydrogen-bond acceptors (Lipinski definition) is 4. The number of amides is 2. The third kappa shape index (κ3) is 4.03. The van der Waals surface area contributed by atoms with Crippen LogP contribution in [0.1, 0.15) is 11.7 Å². The Kier molecular flexibility index (Phi) is 5.40. The van der Waals surface area contributed by atoms with Gasteiger partial charge in [0, 0.05) is 12.6 Å². The number of ether oxygens (including phenoxy) is 3. The van der Waals surface area contributed by atoms with E-state index in [1.165, 1.54) is 0 Å². The summed E-state index contributed by atoms with van der Waals surface area (Å²) in [5, 5.41) is 2.91. The minimum Gasteiger partial charge on any atom is -0.497 e. The maximum absolute atomic E-state index is 12.6. The van der Waals surface area contributed by atoms with E-state index < -0.39 is 0 Å². The fraction of sp³-hybridized carbons (Fsp3) is 0.316. The molecular weight excluding hydrogens is 320 g/mol. The Balaban J connectivity index is 1.69. The molecule has 1 saturated heterocycles. The first-order valence-corrected chi connectivity index (χ1v) is 8.15. The number of benzene rings is 2. The van der Waals surface area contributed by atoms with E-state index in [2.05, 4.69) is 5.32 Å². The van der Waals surface area contributed by atoms with Gasteiger partial charge >= 0.3 is 6.03 Å². The van der Waals surface area contributed by atoms with Crippen molar-refractivity contribution in [2.24, 2.45) is 0 Å². The Morgan fingerprint density at radius 1 is 1.16 bits per heavy atom. The molecule has 6 nitrogen and oxygen atoms in total. The minimum atomic E-state index is -0.173. The van der Waals surface area contributed by atoms with E-state index in [0.717, 1.165) is 5.56 Å². The van der Waals surface area contributed by atoms with E-state index in [4.69, 9.17) is 14.2 Å². The van der Waals surface area contributed by atoms with Crippen LogP contribution in [-0.4, -0.2) is 44.8 Å². The predicted octanol–water partition coefficient (Wildman–Crippen LogP) is 3.31. The van der Waals surface area contributed by atoms with Crippen molar-refractivity contribution >= 4 is 11.7 Å². The molecule has 0 bridgehead atoms. The standard InChI is InChI=1S/C19H22N2O4/c1-23-15-8-9-16(17(12-15)24-2)20-19(22)21-10-11-25-18(13-21)14-6-4-3-5-7-14/h3-9,12,18H,10-11,13H2,1-2H3,(H,20,22)/t18-/m1/s1. The van der Waals surface area contributed by atoms with Crippen molar-refractivity contribution in [2.75, 3.05) is 39.2 Å². The number of nitrogens with zero attached hydrogens (tertiary/aromatic N) is 1. The SMILES string of the molecule is COc1ccc(NC(=O)N2CCO[C@@H](c3ccccc3)C2)c(OC)c1. The topological polar surface area (TPSA) is 60.0 Å². The molecular formula is C19H22N2O4. The summed E-state index contributed by atoms with van der Waals surface area (Å²) in [6.07, 6.45) is -0.113. The summed E-state index contributed by atoms with van der Waals surface area (Å²) in [4.78, 5) is 14.4. The number of nitrogens with one attached hydrogen (secondary N) is 1. The van der Waals surface area contributed by atoms with E-state index in [-0.39, 0.29) is 12.1 Å². The number of methoxy groups -OCH3 is 2. The Labute approximate surface area is 147 Å². The van der Waals surface area contributed by atoms with Gasteiger partial charge in [0.2, 0.25) is 0 Å². The number of anilines is 1. The van der Waals surface area contributed by atoms with Gasteiger partial charge in [-0.25, -0.2) is 4.79 Å². The molecule has 3 rings (SSSR count). The van der Waals surface area contributed by atoms with E-state index in [1.807, 2.05) is 30.3 Å². The zero-order valence-corrected chi connectivity index (χ0v) is 14.4. The molecule has 1 atom stereocenters. The van der Waals surface area contributed by atoms with Crippen LogP contribution in [0, 0.1) is 0 Å². The highest BCUT2D eigenvalue weighted by atomic mass is 16.5. The number of hydrogen-bond donors (Lipinski definition) is 1.